The number of fused-ring (bicyclic) bond motifs is 1. The van der Waals surface area contributed by atoms with E-state index in [0.717, 1.165) is 62.4 Å². The second-order valence-corrected chi connectivity index (χ2v) is 10.2. The number of likely N-dealkylation sites (tertiary alicyclic amines) is 1. The number of amides is 1. The maximum Gasteiger partial charge on any atom is 0.274 e. The van der Waals surface area contributed by atoms with Crippen molar-refractivity contribution >= 4 is 11.6 Å². The normalized spacial score (nSPS) is 21.6. The quantitative estimate of drug-likeness (QED) is 0.611. The molecule has 6 heteroatoms. The summed E-state index contributed by atoms with van der Waals surface area (Å²) in [5.74, 6) is 1.51. The molecule has 0 aromatic carbocycles. The van der Waals surface area contributed by atoms with Gasteiger partial charge in [-0.1, -0.05) is 51.4 Å². The predicted molar refractivity (Wildman–Crippen MR) is 125 cm³/mol. The van der Waals surface area contributed by atoms with Crippen LogP contribution in [0, 0.1) is 5.92 Å². The van der Waals surface area contributed by atoms with Crippen molar-refractivity contribution in [3.05, 3.63) is 23.5 Å². The number of carbonyl (C=O) groups excluding carboxylic acids is 1. The lowest BCUT2D eigenvalue weighted by Gasteiger charge is -2.24. The minimum Gasteiger partial charge on any atom is -0.474 e. The van der Waals surface area contributed by atoms with Crippen molar-refractivity contribution < 1.29 is 9.53 Å². The van der Waals surface area contributed by atoms with Crippen LogP contribution in [0.4, 0.5) is 0 Å². The highest BCUT2D eigenvalue weighted by molar-refractivity contribution is 5.93. The van der Waals surface area contributed by atoms with Gasteiger partial charge in [0.1, 0.15) is 6.10 Å². The van der Waals surface area contributed by atoms with Crippen LogP contribution in [-0.4, -0.2) is 44.6 Å². The maximum absolute atomic E-state index is 13.2. The molecule has 2 saturated carbocycles. The predicted octanol–water partition coefficient (Wildman–Crippen LogP) is 5.58. The summed E-state index contributed by atoms with van der Waals surface area (Å²) in [4.78, 5) is 20.1. The Bertz CT molecular complexity index is 904. The van der Waals surface area contributed by atoms with Crippen molar-refractivity contribution in [1.29, 1.82) is 0 Å². The minimum absolute atomic E-state index is 0.0369. The summed E-state index contributed by atoms with van der Waals surface area (Å²) in [5, 5.41) is 4.71. The SMILES string of the molecule is O=C(c1cc2nc(CC3CCCCC3)cc(OC3CCCCC3)n2n1)N1CCCCCC1. The molecule has 0 atom stereocenters. The Morgan fingerprint density at radius 2 is 1.53 bits per heavy atom. The van der Waals surface area contributed by atoms with Crippen LogP contribution in [0.1, 0.15) is 106 Å². The minimum atomic E-state index is 0.0369. The maximum atomic E-state index is 13.2. The van der Waals surface area contributed by atoms with Gasteiger partial charge in [-0.05, 0) is 50.9 Å². The Morgan fingerprint density at radius 3 is 2.25 bits per heavy atom. The Hall–Kier alpha value is -2.11. The molecule has 0 radical (unpaired) electrons. The van der Waals surface area contributed by atoms with Crippen LogP contribution in [0.15, 0.2) is 12.1 Å². The van der Waals surface area contributed by atoms with E-state index >= 15 is 0 Å². The van der Waals surface area contributed by atoms with Gasteiger partial charge in [0.05, 0.1) is 0 Å². The zero-order valence-electron chi connectivity index (χ0n) is 19.4. The van der Waals surface area contributed by atoms with Gasteiger partial charge in [0, 0.05) is 30.9 Å². The van der Waals surface area contributed by atoms with Crippen molar-refractivity contribution in [3.8, 4) is 5.88 Å². The lowest BCUT2D eigenvalue weighted by molar-refractivity contribution is 0.0755. The van der Waals surface area contributed by atoms with Gasteiger partial charge in [-0.15, -0.1) is 0 Å². The molecule has 2 aromatic heterocycles. The van der Waals surface area contributed by atoms with Gasteiger partial charge in [0.25, 0.3) is 5.91 Å². The highest BCUT2D eigenvalue weighted by atomic mass is 16.5. The third-order valence-electron chi connectivity index (χ3n) is 7.62. The number of nitrogens with zero attached hydrogens (tertiary/aromatic N) is 4. The standard InChI is InChI=1S/C26H38N4O2/c31-26(29-15-9-1-2-10-16-29)23-19-24-27-21(17-20-11-5-3-6-12-20)18-25(30(24)28-23)32-22-13-7-4-8-14-22/h18-20,22H,1-17H2. The molecule has 2 aromatic rings. The van der Waals surface area contributed by atoms with E-state index in [2.05, 4.69) is 6.07 Å². The van der Waals surface area contributed by atoms with E-state index < -0.39 is 0 Å². The first-order chi connectivity index (χ1) is 15.8. The third kappa shape index (κ3) is 5.10. The fourth-order valence-corrected chi connectivity index (χ4v) is 5.77. The summed E-state index contributed by atoms with van der Waals surface area (Å²) >= 11 is 0. The van der Waals surface area contributed by atoms with Gasteiger partial charge in [-0.2, -0.15) is 9.61 Å². The van der Waals surface area contributed by atoms with Gasteiger partial charge in [0.2, 0.25) is 5.88 Å². The van der Waals surface area contributed by atoms with Crippen molar-refractivity contribution in [2.45, 2.75) is 102 Å². The monoisotopic (exact) mass is 438 g/mol. The van der Waals surface area contributed by atoms with E-state index in [-0.39, 0.29) is 12.0 Å². The highest BCUT2D eigenvalue weighted by Gasteiger charge is 2.24. The average Bonchev–Trinajstić information content (AvgIpc) is 3.06. The number of hydrogen-bond acceptors (Lipinski definition) is 4. The lowest BCUT2D eigenvalue weighted by atomic mass is 9.86. The first kappa shape index (κ1) is 21.7. The molecule has 174 valence electrons. The van der Waals surface area contributed by atoms with Gasteiger partial charge >= 0.3 is 0 Å². The van der Waals surface area contributed by atoms with E-state index in [1.54, 1.807) is 4.52 Å². The molecule has 3 aliphatic rings. The van der Waals surface area contributed by atoms with Crippen molar-refractivity contribution in [3.63, 3.8) is 0 Å². The molecule has 6 nitrogen and oxygen atoms in total. The lowest BCUT2D eigenvalue weighted by Crippen LogP contribution is -2.32. The van der Waals surface area contributed by atoms with E-state index in [1.807, 2.05) is 11.0 Å². The van der Waals surface area contributed by atoms with Crippen molar-refractivity contribution in [2.24, 2.45) is 5.92 Å². The van der Waals surface area contributed by atoms with Gasteiger partial charge in [0.15, 0.2) is 11.3 Å². The molecule has 2 aliphatic carbocycles. The second-order valence-electron chi connectivity index (χ2n) is 10.2. The molecule has 1 saturated heterocycles. The van der Waals surface area contributed by atoms with E-state index in [1.165, 1.54) is 64.2 Å². The molecule has 3 heterocycles. The first-order valence-electron chi connectivity index (χ1n) is 13.1. The second kappa shape index (κ2) is 10.2. The molecule has 0 unspecified atom stereocenters. The fraction of sp³-hybridized carbons (Fsp3) is 0.731. The van der Waals surface area contributed by atoms with Crippen LogP contribution in [0.5, 0.6) is 5.88 Å². The Balaban J connectivity index is 1.43. The molecular weight excluding hydrogens is 400 g/mol. The largest absolute Gasteiger partial charge is 0.474 e. The van der Waals surface area contributed by atoms with Crippen LogP contribution < -0.4 is 4.74 Å². The summed E-state index contributed by atoms with van der Waals surface area (Å²) in [6.45, 7) is 1.66. The molecule has 0 spiro atoms. The Labute approximate surface area is 191 Å². The molecule has 0 N–H and O–H groups in total. The molecule has 0 bridgehead atoms. The number of ether oxygens (including phenoxy) is 1. The average molecular weight is 439 g/mol. The summed E-state index contributed by atoms with van der Waals surface area (Å²) in [6.07, 6.45) is 18.4. The molecule has 3 fully saturated rings. The van der Waals surface area contributed by atoms with Crippen molar-refractivity contribution in [1.82, 2.24) is 19.5 Å². The smallest absolute Gasteiger partial charge is 0.274 e. The number of carbonyl (C=O) groups is 1. The number of aromatic nitrogens is 3. The fourth-order valence-electron chi connectivity index (χ4n) is 5.77. The topological polar surface area (TPSA) is 59.7 Å². The summed E-state index contributed by atoms with van der Waals surface area (Å²) in [5.41, 5.74) is 2.34. The summed E-state index contributed by atoms with van der Waals surface area (Å²) in [7, 11) is 0. The molecule has 1 aliphatic heterocycles. The number of hydrogen-bond donors (Lipinski definition) is 0. The van der Waals surface area contributed by atoms with Crippen molar-refractivity contribution in [2.75, 3.05) is 13.1 Å². The highest BCUT2D eigenvalue weighted by Crippen LogP contribution is 2.29. The summed E-state index contributed by atoms with van der Waals surface area (Å²) in [6, 6.07) is 3.98. The molecule has 5 rings (SSSR count). The van der Waals surface area contributed by atoms with E-state index in [9.17, 15) is 4.79 Å². The third-order valence-corrected chi connectivity index (χ3v) is 7.62. The van der Waals surface area contributed by atoms with Gasteiger partial charge < -0.3 is 9.64 Å². The zero-order chi connectivity index (χ0) is 21.8. The molecule has 32 heavy (non-hydrogen) atoms. The molecular formula is C26H38N4O2. The van der Waals surface area contributed by atoms with E-state index in [4.69, 9.17) is 14.8 Å². The van der Waals surface area contributed by atoms with Crippen LogP contribution >= 0.6 is 0 Å². The molecule has 1 amide bonds. The van der Waals surface area contributed by atoms with Crippen LogP contribution in [0.3, 0.4) is 0 Å². The van der Waals surface area contributed by atoms with Gasteiger partial charge in [-0.25, -0.2) is 4.98 Å². The van der Waals surface area contributed by atoms with Crippen LogP contribution in [0.2, 0.25) is 0 Å². The first-order valence-corrected chi connectivity index (χ1v) is 13.1. The summed E-state index contributed by atoms with van der Waals surface area (Å²) < 4.78 is 8.27. The van der Waals surface area contributed by atoms with E-state index in [0.29, 0.717) is 11.6 Å². The Kier molecular flexibility index (Phi) is 6.94. The van der Waals surface area contributed by atoms with Crippen LogP contribution in [0.25, 0.3) is 5.65 Å². The number of rotatable bonds is 5. The zero-order valence-corrected chi connectivity index (χ0v) is 19.4. The van der Waals surface area contributed by atoms with Gasteiger partial charge in [-0.3, -0.25) is 4.79 Å². The Morgan fingerprint density at radius 1 is 0.875 bits per heavy atom. The van der Waals surface area contributed by atoms with Crippen LogP contribution in [-0.2, 0) is 6.42 Å².